The molecule has 0 radical (unpaired) electrons. The van der Waals surface area contributed by atoms with Gasteiger partial charge in [0.15, 0.2) is 0 Å². The number of pyridine rings is 1. The molecule has 0 saturated carbocycles. The normalized spacial score (nSPS) is 26.4. The Morgan fingerprint density at radius 3 is 2.57 bits per heavy atom. The van der Waals surface area contributed by atoms with Gasteiger partial charge in [0.1, 0.15) is 5.54 Å². The molecule has 35 heavy (non-hydrogen) atoms. The van der Waals surface area contributed by atoms with E-state index in [4.69, 9.17) is 4.98 Å². The third kappa shape index (κ3) is 2.73. The van der Waals surface area contributed by atoms with Gasteiger partial charge in [-0.1, -0.05) is 19.1 Å². The van der Waals surface area contributed by atoms with Crippen LogP contribution < -0.4 is 15.5 Å². The second-order valence-electron chi connectivity index (χ2n) is 10.7. The fraction of sp³-hybridized carbons (Fsp3) is 0.333. The molecule has 3 aliphatic heterocycles. The highest BCUT2D eigenvalue weighted by Gasteiger charge is 2.54. The highest BCUT2D eigenvalue weighted by Crippen LogP contribution is 2.49. The summed E-state index contributed by atoms with van der Waals surface area (Å²) in [5, 5.41) is 6.51. The van der Waals surface area contributed by atoms with E-state index >= 15 is 0 Å². The third-order valence-corrected chi connectivity index (χ3v) is 8.33. The van der Waals surface area contributed by atoms with Gasteiger partial charge in [0.05, 0.1) is 17.8 Å². The second-order valence-corrected chi connectivity index (χ2v) is 10.7. The lowest BCUT2D eigenvalue weighted by molar-refractivity contribution is -0.125. The van der Waals surface area contributed by atoms with E-state index in [0.29, 0.717) is 25.8 Å². The fourth-order valence-corrected chi connectivity index (χ4v) is 6.61. The van der Waals surface area contributed by atoms with Gasteiger partial charge in [0.2, 0.25) is 5.91 Å². The molecule has 2 N–H and O–H groups in total. The molecule has 176 valence electrons. The number of nitrogens with one attached hydrogen (secondary N) is 2. The number of fused-ring (bicyclic) bond motifs is 2. The van der Waals surface area contributed by atoms with E-state index in [9.17, 15) is 14.4 Å². The molecule has 4 amide bonds. The lowest BCUT2D eigenvalue weighted by Crippen LogP contribution is -2.48. The molecule has 2 aromatic carbocycles. The van der Waals surface area contributed by atoms with E-state index in [1.54, 1.807) is 11.9 Å². The van der Waals surface area contributed by atoms with Crippen LogP contribution in [0.15, 0.2) is 42.5 Å². The van der Waals surface area contributed by atoms with Crippen LogP contribution in [-0.4, -0.2) is 46.9 Å². The Kier molecular flexibility index (Phi) is 3.85. The zero-order valence-corrected chi connectivity index (χ0v) is 19.6. The van der Waals surface area contributed by atoms with E-state index in [-0.39, 0.29) is 23.3 Å². The molecule has 2 atom stereocenters. The minimum atomic E-state index is -0.835. The number of likely N-dealkylation sites (N-methyl/N-ethyl adjacent to an activating group) is 1. The van der Waals surface area contributed by atoms with Crippen molar-refractivity contribution in [3.63, 3.8) is 0 Å². The third-order valence-electron chi connectivity index (χ3n) is 8.33. The second kappa shape index (κ2) is 6.59. The van der Waals surface area contributed by atoms with Crippen molar-refractivity contribution in [3.05, 3.63) is 64.8 Å². The summed E-state index contributed by atoms with van der Waals surface area (Å²) in [4.78, 5) is 45.9. The van der Waals surface area contributed by atoms with Crippen LogP contribution >= 0.6 is 0 Å². The number of imide groups is 1. The molecule has 1 aliphatic carbocycles. The predicted molar refractivity (Wildman–Crippen MR) is 131 cm³/mol. The van der Waals surface area contributed by atoms with Gasteiger partial charge in [-0.15, -0.1) is 0 Å². The monoisotopic (exact) mass is 467 g/mol. The molecule has 8 nitrogen and oxygen atoms in total. The number of rotatable bonds is 2. The Morgan fingerprint density at radius 1 is 1.00 bits per heavy atom. The Morgan fingerprint density at radius 2 is 1.80 bits per heavy atom. The van der Waals surface area contributed by atoms with Crippen molar-refractivity contribution in [2.45, 2.75) is 43.7 Å². The summed E-state index contributed by atoms with van der Waals surface area (Å²) in [6.07, 6.45) is 1.50. The minimum Gasteiger partial charge on any atom is -0.364 e. The Labute approximate surface area is 202 Å². The number of aromatic nitrogens is 1. The van der Waals surface area contributed by atoms with E-state index in [1.165, 1.54) is 5.56 Å². The number of urea groups is 1. The van der Waals surface area contributed by atoms with Crippen LogP contribution in [0, 0.1) is 0 Å². The maximum absolute atomic E-state index is 12.6. The van der Waals surface area contributed by atoms with Crippen LogP contribution in [0.2, 0.25) is 0 Å². The van der Waals surface area contributed by atoms with Crippen LogP contribution in [0.3, 0.4) is 0 Å². The van der Waals surface area contributed by atoms with Gasteiger partial charge < -0.3 is 15.1 Å². The summed E-state index contributed by atoms with van der Waals surface area (Å²) in [6.45, 7) is 3.59. The van der Waals surface area contributed by atoms with Crippen molar-refractivity contribution in [1.82, 2.24) is 15.2 Å². The highest BCUT2D eigenvalue weighted by atomic mass is 16.2. The Balaban J connectivity index is 1.21. The number of carbonyl (C=O) groups is 3. The minimum absolute atomic E-state index is 0.0674. The van der Waals surface area contributed by atoms with Crippen molar-refractivity contribution >= 4 is 40.1 Å². The first kappa shape index (κ1) is 20.4. The SMILES string of the molecule is CN1C(=O)NC(=O)[C@]12Cc1cc3ccc(CN4CC5(C)CC(=O)Nc6cccc4c65)nc3cc1C2. The number of hydrogen-bond donors (Lipinski definition) is 2. The first-order valence-corrected chi connectivity index (χ1v) is 11.9. The number of anilines is 2. The molecule has 0 bridgehead atoms. The summed E-state index contributed by atoms with van der Waals surface area (Å²) in [5.41, 5.74) is 6.26. The summed E-state index contributed by atoms with van der Waals surface area (Å²) in [6, 6.07) is 14.1. The number of hydrogen-bond acceptors (Lipinski definition) is 5. The lowest BCUT2D eigenvalue weighted by Gasteiger charge is -2.30. The molecule has 1 aromatic heterocycles. The van der Waals surface area contributed by atoms with Gasteiger partial charge in [-0.2, -0.15) is 0 Å². The molecule has 8 heteroatoms. The van der Waals surface area contributed by atoms with Gasteiger partial charge in [-0.05, 0) is 41.5 Å². The van der Waals surface area contributed by atoms with Crippen LogP contribution in [-0.2, 0) is 34.4 Å². The van der Waals surface area contributed by atoms with Crippen LogP contribution in [0.25, 0.3) is 10.9 Å². The summed E-state index contributed by atoms with van der Waals surface area (Å²) < 4.78 is 0. The molecule has 4 heterocycles. The van der Waals surface area contributed by atoms with Crippen molar-refractivity contribution in [1.29, 1.82) is 0 Å². The molecule has 7 rings (SSSR count). The zero-order chi connectivity index (χ0) is 24.1. The maximum Gasteiger partial charge on any atom is 0.324 e. The van der Waals surface area contributed by atoms with Crippen LogP contribution in [0.4, 0.5) is 16.2 Å². The molecule has 1 spiro atoms. The summed E-state index contributed by atoms with van der Waals surface area (Å²) in [5.74, 6) is -0.155. The first-order valence-electron chi connectivity index (χ1n) is 11.9. The largest absolute Gasteiger partial charge is 0.364 e. The standard InChI is InChI=1S/C27H25N5O3/c1-26-12-22(33)29-19-4-3-5-21(23(19)26)32(14-26)13-18-7-6-15-8-16-10-27(11-17(16)9-20(15)28-18)24(34)30-25(35)31(27)2/h3-9H,10-14H2,1-2H3,(H,29,33)(H,30,34,35)/t26?,27-/m1/s1. The summed E-state index contributed by atoms with van der Waals surface area (Å²) >= 11 is 0. The lowest BCUT2D eigenvalue weighted by atomic mass is 9.78. The van der Waals surface area contributed by atoms with Gasteiger partial charge in [-0.25, -0.2) is 4.79 Å². The predicted octanol–water partition coefficient (Wildman–Crippen LogP) is 2.87. The Hall–Kier alpha value is -3.94. The van der Waals surface area contributed by atoms with Crippen molar-refractivity contribution in [2.75, 3.05) is 23.8 Å². The number of amides is 4. The topological polar surface area (TPSA) is 94.6 Å². The highest BCUT2D eigenvalue weighted by molar-refractivity contribution is 6.08. The van der Waals surface area contributed by atoms with Gasteiger partial charge in [0, 0.05) is 60.6 Å². The van der Waals surface area contributed by atoms with Crippen molar-refractivity contribution < 1.29 is 14.4 Å². The van der Waals surface area contributed by atoms with Crippen molar-refractivity contribution in [2.24, 2.45) is 0 Å². The number of carbonyl (C=O) groups excluding carboxylic acids is 3. The molecular formula is C27H25N5O3. The van der Waals surface area contributed by atoms with Crippen LogP contribution in [0.1, 0.15) is 35.7 Å². The fourth-order valence-electron chi connectivity index (χ4n) is 6.61. The quantitative estimate of drug-likeness (QED) is 0.566. The molecule has 4 aliphatic rings. The van der Waals surface area contributed by atoms with E-state index in [2.05, 4.69) is 52.8 Å². The molecule has 3 aromatic rings. The Bertz CT molecular complexity index is 1500. The average molecular weight is 468 g/mol. The van der Waals surface area contributed by atoms with E-state index in [0.717, 1.165) is 45.6 Å². The van der Waals surface area contributed by atoms with Gasteiger partial charge >= 0.3 is 6.03 Å². The smallest absolute Gasteiger partial charge is 0.324 e. The molecule has 1 unspecified atom stereocenters. The van der Waals surface area contributed by atoms with Crippen molar-refractivity contribution in [3.8, 4) is 0 Å². The number of benzene rings is 2. The zero-order valence-electron chi connectivity index (χ0n) is 19.6. The molecule has 1 saturated heterocycles. The van der Waals surface area contributed by atoms with Crippen LogP contribution in [0.5, 0.6) is 0 Å². The molecular weight excluding hydrogens is 442 g/mol. The average Bonchev–Trinajstić information content (AvgIpc) is 3.39. The maximum atomic E-state index is 12.6. The molecule has 1 fully saturated rings. The van der Waals surface area contributed by atoms with E-state index in [1.807, 2.05) is 12.1 Å². The van der Waals surface area contributed by atoms with Gasteiger partial charge in [0.25, 0.3) is 5.91 Å². The van der Waals surface area contributed by atoms with Gasteiger partial charge in [-0.3, -0.25) is 19.9 Å². The number of nitrogens with zero attached hydrogens (tertiary/aromatic N) is 3. The van der Waals surface area contributed by atoms with E-state index < -0.39 is 5.54 Å². The summed E-state index contributed by atoms with van der Waals surface area (Å²) in [7, 11) is 1.69. The first-order chi connectivity index (χ1) is 16.8.